The minimum Gasteiger partial charge on any atom is -0.306 e. The second kappa shape index (κ2) is 4.97. The van der Waals surface area contributed by atoms with E-state index in [2.05, 4.69) is 17.3 Å². The van der Waals surface area contributed by atoms with Crippen LogP contribution in [0.15, 0.2) is 23.9 Å². The molecule has 1 heterocycles. The minimum absolute atomic E-state index is 0.0352. The van der Waals surface area contributed by atoms with Gasteiger partial charge in [-0.15, -0.1) is 0 Å². The van der Waals surface area contributed by atoms with Crippen LogP contribution in [0, 0.1) is 23.2 Å². The molecule has 0 aromatic carbocycles. The third kappa shape index (κ3) is 2.38. The van der Waals surface area contributed by atoms with Crippen LogP contribution in [0.1, 0.15) is 45.4 Å². The minimum atomic E-state index is -0.0352. The van der Waals surface area contributed by atoms with Crippen molar-refractivity contribution in [1.82, 2.24) is 9.78 Å². The maximum Gasteiger partial charge on any atom is 0.249 e. The zero-order valence-corrected chi connectivity index (χ0v) is 13.5. The van der Waals surface area contributed by atoms with E-state index in [4.69, 9.17) is 0 Å². The van der Waals surface area contributed by atoms with Crippen LogP contribution in [0.25, 0.3) is 0 Å². The Bertz CT molecular complexity index is 593. The van der Waals surface area contributed by atoms with Crippen molar-refractivity contribution in [2.75, 3.05) is 5.32 Å². The quantitative estimate of drug-likeness (QED) is 0.868. The fourth-order valence-corrected chi connectivity index (χ4v) is 5.59. The molecule has 0 atom stereocenters. The van der Waals surface area contributed by atoms with Gasteiger partial charge in [-0.3, -0.25) is 9.48 Å². The summed E-state index contributed by atoms with van der Waals surface area (Å²) in [4.78, 5) is 12.3. The zero-order valence-electron chi connectivity index (χ0n) is 13.5. The molecule has 0 aliphatic heterocycles. The van der Waals surface area contributed by atoms with E-state index in [1.165, 1.54) is 44.1 Å². The first-order valence-corrected chi connectivity index (χ1v) is 8.52. The predicted molar refractivity (Wildman–Crippen MR) is 86.2 cm³/mol. The van der Waals surface area contributed by atoms with Crippen molar-refractivity contribution < 1.29 is 4.79 Å². The number of aryl methyl sites for hydroxylation is 1. The molecule has 1 amide bonds. The van der Waals surface area contributed by atoms with Crippen molar-refractivity contribution in [3.8, 4) is 0 Å². The molecular formula is C18H25N3O. The van der Waals surface area contributed by atoms with E-state index in [-0.39, 0.29) is 5.91 Å². The molecule has 4 saturated carbocycles. The SMILES string of the molecule is CC(=CC(=O)Nc1ccn(C)n1)C12CC3CC(CC(C3)C1)C2. The molecule has 4 nitrogen and oxygen atoms in total. The van der Waals surface area contributed by atoms with Crippen LogP contribution in [-0.2, 0) is 11.8 Å². The average molecular weight is 299 g/mol. The van der Waals surface area contributed by atoms with Crippen molar-refractivity contribution in [2.45, 2.75) is 45.4 Å². The summed E-state index contributed by atoms with van der Waals surface area (Å²) >= 11 is 0. The van der Waals surface area contributed by atoms with Crippen LogP contribution in [-0.4, -0.2) is 15.7 Å². The number of hydrogen-bond donors (Lipinski definition) is 1. The largest absolute Gasteiger partial charge is 0.306 e. The van der Waals surface area contributed by atoms with Crippen molar-refractivity contribution in [1.29, 1.82) is 0 Å². The molecule has 22 heavy (non-hydrogen) atoms. The lowest BCUT2D eigenvalue weighted by molar-refractivity contribution is -0.112. The summed E-state index contributed by atoms with van der Waals surface area (Å²) in [5, 5.41) is 7.08. The lowest BCUT2D eigenvalue weighted by Crippen LogP contribution is -2.46. The first kappa shape index (κ1) is 14.0. The van der Waals surface area contributed by atoms with Crippen molar-refractivity contribution in [3.05, 3.63) is 23.9 Å². The molecule has 4 aliphatic carbocycles. The van der Waals surface area contributed by atoms with Crippen LogP contribution in [0.3, 0.4) is 0 Å². The number of carbonyl (C=O) groups is 1. The molecule has 0 spiro atoms. The molecular weight excluding hydrogens is 274 g/mol. The van der Waals surface area contributed by atoms with Gasteiger partial charge in [-0.25, -0.2) is 0 Å². The molecule has 4 heteroatoms. The highest BCUT2D eigenvalue weighted by molar-refractivity contribution is 5.99. The van der Waals surface area contributed by atoms with Crippen LogP contribution >= 0.6 is 0 Å². The summed E-state index contributed by atoms with van der Waals surface area (Å²) < 4.78 is 1.70. The standard InChI is InChI=1S/C18H25N3O/c1-12(5-17(22)19-16-3-4-21(2)20-16)18-9-13-6-14(10-18)8-15(7-13)11-18/h3-5,13-15H,6-11H2,1-2H3,(H,19,20,22). The van der Waals surface area contributed by atoms with Gasteiger partial charge in [0, 0.05) is 25.4 Å². The van der Waals surface area contributed by atoms with E-state index in [9.17, 15) is 4.79 Å². The Morgan fingerprint density at radius 3 is 2.36 bits per heavy atom. The highest BCUT2D eigenvalue weighted by atomic mass is 16.1. The molecule has 0 radical (unpaired) electrons. The Labute approximate surface area is 132 Å². The maximum atomic E-state index is 12.3. The van der Waals surface area contributed by atoms with Gasteiger partial charge < -0.3 is 5.32 Å². The van der Waals surface area contributed by atoms with Gasteiger partial charge in [0.1, 0.15) is 0 Å². The van der Waals surface area contributed by atoms with Gasteiger partial charge >= 0.3 is 0 Å². The number of carbonyl (C=O) groups excluding carboxylic acids is 1. The Balaban J connectivity index is 1.51. The monoisotopic (exact) mass is 299 g/mol. The summed E-state index contributed by atoms with van der Waals surface area (Å²) in [7, 11) is 1.85. The number of hydrogen-bond acceptors (Lipinski definition) is 2. The number of amides is 1. The Morgan fingerprint density at radius 2 is 1.86 bits per heavy atom. The third-order valence-corrected chi connectivity index (χ3v) is 6.19. The number of nitrogens with zero attached hydrogens (tertiary/aromatic N) is 2. The van der Waals surface area contributed by atoms with Gasteiger partial charge in [-0.1, -0.05) is 5.57 Å². The summed E-state index contributed by atoms with van der Waals surface area (Å²) in [5.74, 6) is 3.32. The summed E-state index contributed by atoms with van der Waals surface area (Å²) in [6, 6.07) is 1.83. The second-order valence-corrected chi connectivity index (χ2v) is 7.89. The topological polar surface area (TPSA) is 46.9 Å². The van der Waals surface area contributed by atoms with Gasteiger partial charge in [0.25, 0.3) is 0 Å². The molecule has 1 N–H and O–H groups in total. The van der Waals surface area contributed by atoms with E-state index in [1.54, 1.807) is 4.68 Å². The van der Waals surface area contributed by atoms with Gasteiger partial charge in [-0.2, -0.15) is 5.10 Å². The van der Waals surface area contributed by atoms with Gasteiger partial charge in [0.15, 0.2) is 5.82 Å². The van der Waals surface area contributed by atoms with E-state index in [0.29, 0.717) is 11.2 Å². The van der Waals surface area contributed by atoms with Crippen LogP contribution in [0.4, 0.5) is 5.82 Å². The smallest absolute Gasteiger partial charge is 0.249 e. The van der Waals surface area contributed by atoms with E-state index < -0.39 is 0 Å². The predicted octanol–water partition coefficient (Wildman–Crippen LogP) is 3.52. The molecule has 5 rings (SSSR count). The lowest BCUT2D eigenvalue weighted by atomic mass is 9.48. The molecule has 0 unspecified atom stereocenters. The van der Waals surface area contributed by atoms with Gasteiger partial charge in [0.05, 0.1) is 0 Å². The maximum absolute atomic E-state index is 12.3. The normalized spacial score (nSPS) is 36.6. The summed E-state index contributed by atoms with van der Waals surface area (Å²) in [6.45, 7) is 2.17. The zero-order chi connectivity index (χ0) is 15.3. The number of aromatic nitrogens is 2. The van der Waals surface area contributed by atoms with E-state index in [1.807, 2.05) is 25.4 Å². The highest BCUT2D eigenvalue weighted by Crippen LogP contribution is 2.62. The fraction of sp³-hybridized carbons (Fsp3) is 0.667. The molecule has 1 aromatic rings. The second-order valence-electron chi connectivity index (χ2n) is 7.89. The molecule has 1 aromatic heterocycles. The van der Waals surface area contributed by atoms with Crippen LogP contribution in [0.2, 0.25) is 0 Å². The molecule has 4 bridgehead atoms. The Morgan fingerprint density at radius 1 is 1.27 bits per heavy atom. The third-order valence-electron chi connectivity index (χ3n) is 6.19. The first-order valence-electron chi connectivity index (χ1n) is 8.52. The number of anilines is 1. The molecule has 4 fully saturated rings. The molecule has 4 aliphatic rings. The van der Waals surface area contributed by atoms with Gasteiger partial charge in [0.2, 0.25) is 5.91 Å². The summed E-state index contributed by atoms with van der Waals surface area (Å²) in [5.41, 5.74) is 1.61. The van der Waals surface area contributed by atoms with Crippen molar-refractivity contribution in [3.63, 3.8) is 0 Å². The lowest BCUT2D eigenvalue weighted by Gasteiger charge is -2.57. The van der Waals surface area contributed by atoms with E-state index in [0.717, 1.165) is 17.8 Å². The fourth-order valence-electron chi connectivity index (χ4n) is 5.59. The Hall–Kier alpha value is -1.58. The molecule has 0 saturated heterocycles. The van der Waals surface area contributed by atoms with Gasteiger partial charge in [-0.05, 0) is 68.6 Å². The first-order chi connectivity index (χ1) is 10.5. The summed E-state index contributed by atoms with van der Waals surface area (Å²) in [6.07, 6.45) is 11.9. The number of rotatable bonds is 3. The number of nitrogens with one attached hydrogen (secondary N) is 1. The Kier molecular flexibility index (Phi) is 3.17. The van der Waals surface area contributed by atoms with Crippen LogP contribution in [0.5, 0.6) is 0 Å². The van der Waals surface area contributed by atoms with E-state index >= 15 is 0 Å². The average Bonchev–Trinajstić information content (AvgIpc) is 2.82. The highest BCUT2D eigenvalue weighted by Gasteiger charge is 2.51. The number of allylic oxidation sites excluding steroid dienone is 1. The molecule has 118 valence electrons. The van der Waals surface area contributed by atoms with Crippen molar-refractivity contribution in [2.24, 2.45) is 30.2 Å². The van der Waals surface area contributed by atoms with Crippen molar-refractivity contribution >= 4 is 11.7 Å². The van der Waals surface area contributed by atoms with Crippen LogP contribution < -0.4 is 5.32 Å².